The zero-order valence-electron chi connectivity index (χ0n) is 17.1. The Kier molecular flexibility index (Phi) is 7.33. The number of nitrogens with one attached hydrogen (secondary N) is 2. The van der Waals surface area contributed by atoms with Gasteiger partial charge in [0.2, 0.25) is 0 Å². The predicted octanol–water partition coefficient (Wildman–Crippen LogP) is 3.01. The van der Waals surface area contributed by atoms with E-state index >= 15 is 0 Å². The van der Waals surface area contributed by atoms with Gasteiger partial charge in [-0.05, 0) is 23.6 Å². The fraction of sp³-hybridized carbons (Fsp3) is 0.238. The maximum atomic E-state index is 12.3. The Labute approximate surface area is 177 Å². The van der Waals surface area contributed by atoms with Gasteiger partial charge in [0.25, 0.3) is 16.8 Å². The lowest BCUT2D eigenvalue weighted by Crippen LogP contribution is -2.36. The molecule has 0 bridgehead atoms. The van der Waals surface area contributed by atoms with Crippen molar-refractivity contribution >= 4 is 34.3 Å². The molecule has 1 aromatic heterocycles. The molecule has 8 nitrogen and oxygen atoms in total. The monoisotopic (exact) mass is 426 g/mol. The van der Waals surface area contributed by atoms with E-state index in [4.69, 9.17) is 0 Å². The molecule has 0 aliphatic rings. The lowest BCUT2D eigenvalue weighted by molar-refractivity contribution is 0.0824. The van der Waals surface area contributed by atoms with E-state index in [1.54, 1.807) is 0 Å². The molecule has 0 spiro atoms. The molecular formula is C21H22N4O4S. The van der Waals surface area contributed by atoms with Crippen molar-refractivity contribution in [1.82, 2.24) is 4.90 Å². The van der Waals surface area contributed by atoms with Crippen molar-refractivity contribution in [2.24, 2.45) is 0 Å². The van der Waals surface area contributed by atoms with Crippen LogP contribution in [0.25, 0.3) is 0 Å². The van der Waals surface area contributed by atoms with Crippen molar-refractivity contribution in [2.45, 2.75) is 20.4 Å². The largest absolute Gasteiger partial charge is 0.505 e. The van der Waals surface area contributed by atoms with Crippen LogP contribution in [0.5, 0.6) is 5.75 Å². The number of carbonyl (C=O) groups is 1. The van der Waals surface area contributed by atoms with Gasteiger partial charge in [0.15, 0.2) is 5.75 Å². The summed E-state index contributed by atoms with van der Waals surface area (Å²) in [5, 5.41) is 27.2. The number of thiophene rings is 1. The summed E-state index contributed by atoms with van der Waals surface area (Å²) >= 11 is 1.50. The van der Waals surface area contributed by atoms with Gasteiger partial charge in [-0.1, -0.05) is 19.9 Å². The molecule has 1 heterocycles. The number of hydrogen-bond acceptors (Lipinski definition) is 8. The standard InChI is InChI=1S/C19H16N4O4S.C2H6/c1-23(2)19(27)12-6-10(8-20)7-13(16(12)24)22-15-14(17(25)18(15)26)21-9-11-4-3-5-28-11;1-2/h3-7,21-22,24H,9H2,1-2H3;1-2H3. The molecule has 0 radical (unpaired) electrons. The first-order valence-electron chi connectivity index (χ1n) is 9.18. The summed E-state index contributed by atoms with van der Waals surface area (Å²) in [4.78, 5) is 38.4. The van der Waals surface area contributed by atoms with Crippen LogP contribution >= 0.6 is 11.3 Å². The van der Waals surface area contributed by atoms with Gasteiger partial charge in [0.1, 0.15) is 11.4 Å². The quantitative estimate of drug-likeness (QED) is 0.409. The third kappa shape index (κ3) is 4.50. The van der Waals surface area contributed by atoms with Gasteiger partial charge in [-0.25, -0.2) is 0 Å². The minimum atomic E-state index is -0.740. The van der Waals surface area contributed by atoms with E-state index in [0.29, 0.717) is 6.54 Å². The fourth-order valence-corrected chi connectivity index (χ4v) is 3.25. The van der Waals surface area contributed by atoms with Crippen LogP contribution < -0.4 is 21.5 Å². The summed E-state index contributed by atoms with van der Waals surface area (Å²) in [6.45, 7) is 4.37. The number of anilines is 3. The number of hydrogen-bond donors (Lipinski definition) is 3. The van der Waals surface area contributed by atoms with Gasteiger partial charge >= 0.3 is 0 Å². The molecule has 0 aliphatic heterocycles. The molecule has 0 saturated heterocycles. The number of phenols is 1. The molecule has 3 N–H and O–H groups in total. The van der Waals surface area contributed by atoms with Crippen LogP contribution in [0.1, 0.15) is 34.6 Å². The van der Waals surface area contributed by atoms with Crippen molar-refractivity contribution < 1.29 is 9.90 Å². The summed E-state index contributed by atoms with van der Waals surface area (Å²) in [6.07, 6.45) is 0. The number of aromatic hydroxyl groups is 1. The highest BCUT2D eigenvalue weighted by Crippen LogP contribution is 2.33. The maximum Gasteiger partial charge on any atom is 0.257 e. The van der Waals surface area contributed by atoms with E-state index in [-0.39, 0.29) is 28.2 Å². The number of rotatable bonds is 6. The molecule has 0 fully saturated rings. The average Bonchev–Trinajstić information content (AvgIpc) is 3.28. The van der Waals surface area contributed by atoms with Crippen molar-refractivity contribution in [3.05, 3.63) is 66.1 Å². The number of amides is 1. The van der Waals surface area contributed by atoms with E-state index in [1.807, 2.05) is 37.4 Å². The van der Waals surface area contributed by atoms with Gasteiger partial charge in [-0.2, -0.15) is 5.26 Å². The molecule has 9 heteroatoms. The maximum absolute atomic E-state index is 12.3. The minimum Gasteiger partial charge on any atom is -0.505 e. The average molecular weight is 426 g/mol. The fourth-order valence-electron chi connectivity index (χ4n) is 2.60. The molecule has 3 aromatic rings. The van der Waals surface area contributed by atoms with E-state index in [1.165, 1.54) is 42.5 Å². The number of benzene rings is 1. The Balaban J connectivity index is 0.00000155. The van der Waals surface area contributed by atoms with E-state index in [9.17, 15) is 24.8 Å². The van der Waals surface area contributed by atoms with Gasteiger partial charge in [-0.15, -0.1) is 11.3 Å². The second-order valence-corrected chi connectivity index (χ2v) is 7.23. The smallest absolute Gasteiger partial charge is 0.257 e. The van der Waals surface area contributed by atoms with Crippen LogP contribution in [0.3, 0.4) is 0 Å². The summed E-state index contributed by atoms with van der Waals surface area (Å²) < 4.78 is 0. The lowest BCUT2D eigenvalue weighted by atomic mass is 10.1. The molecule has 0 aliphatic carbocycles. The lowest BCUT2D eigenvalue weighted by Gasteiger charge is -2.18. The van der Waals surface area contributed by atoms with Crippen molar-refractivity contribution in [2.75, 3.05) is 24.7 Å². The van der Waals surface area contributed by atoms with Crippen LogP contribution in [0.4, 0.5) is 17.1 Å². The number of phenolic OH excluding ortho intramolecular Hbond substituents is 1. The number of nitrogens with zero attached hydrogens (tertiary/aromatic N) is 2. The van der Waals surface area contributed by atoms with Crippen LogP contribution in [0.2, 0.25) is 0 Å². The van der Waals surface area contributed by atoms with E-state index in [0.717, 1.165) is 4.88 Å². The first kappa shape index (κ1) is 22.6. The Morgan fingerprint density at radius 2 is 1.87 bits per heavy atom. The third-order valence-electron chi connectivity index (χ3n) is 4.07. The van der Waals surface area contributed by atoms with Gasteiger partial charge in [-0.3, -0.25) is 14.4 Å². The predicted molar refractivity (Wildman–Crippen MR) is 118 cm³/mol. The van der Waals surface area contributed by atoms with Gasteiger partial charge < -0.3 is 20.6 Å². The van der Waals surface area contributed by atoms with Gasteiger partial charge in [0.05, 0.1) is 22.9 Å². The summed E-state index contributed by atoms with van der Waals surface area (Å²) in [7, 11) is 3.02. The first-order chi connectivity index (χ1) is 14.3. The molecular weight excluding hydrogens is 404 g/mol. The minimum absolute atomic E-state index is 0.00414. The highest BCUT2D eigenvalue weighted by atomic mass is 32.1. The van der Waals surface area contributed by atoms with E-state index < -0.39 is 22.5 Å². The second kappa shape index (κ2) is 9.71. The highest BCUT2D eigenvalue weighted by molar-refractivity contribution is 7.09. The van der Waals surface area contributed by atoms with Crippen LogP contribution in [-0.2, 0) is 6.54 Å². The molecule has 1 amide bonds. The number of carbonyl (C=O) groups excluding carboxylic acids is 1. The topological polar surface area (TPSA) is 123 Å². The summed E-state index contributed by atoms with van der Waals surface area (Å²) in [6, 6.07) is 8.24. The molecule has 2 aromatic carbocycles. The van der Waals surface area contributed by atoms with Gasteiger partial charge in [0, 0.05) is 25.5 Å². The zero-order chi connectivity index (χ0) is 22.4. The third-order valence-corrected chi connectivity index (χ3v) is 4.94. The highest BCUT2D eigenvalue weighted by Gasteiger charge is 2.24. The van der Waals surface area contributed by atoms with Crippen LogP contribution in [0, 0.1) is 11.3 Å². The molecule has 3 rings (SSSR count). The molecule has 0 atom stereocenters. The molecule has 0 unspecified atom stereocenters. The first-order valence-corrected chi connectivity index (χ1v) is 10.1. The Bertz CT molecular complexity index is 1150. The summed E-state index contributed by atoms with van der Waals surface area (Å²) in [5.74, 6) is -0.909. The summed E-state index contributed by atoms with van der Waals surface area (Å²) in [5.41, 5.74) is -1.29. The Morgan fingerprint density at radius 1 is 1.20 bits per heavy atom. The normalized spacial score (nSPS) is 9.97. The zero-order valence-corrected chi connectivity index (χ0v) is 17.9. The number of nitriles is 1. The van der Waals surface area contributed by atoms with Crippen molar-refractivity contribution in [1.29, 1.82) is 5.26 Å². The Hall–Kier alpha value is -3.64. The molecule has 0 saturated carbocycles. The van der Waals surface area contributed by atoms with Crippen LogP contribution in [0.15, 0.2) is 39.2 Å². The second-order valence-electron chi connectivity index (χ2n) is 6.20. The van der Waals surface area contributed by atoms with E-state index in [2.05, 4.69) is 10.6 Å². The van der Waals surface area contributed by atoms with Crippen molar-refractivity contribution in [3.63, 3.8) is 0 Å². The van der Waals surface area contributed by atoms with Crippen LogP contribution in [-0.4, -0.2) is 30.0 Å². The SMILES string of the molecule is CC.CN(C)C(=O)c1cc(C#N)cc(Nc2c(NCc3cccs3)c(=O)c2=O)c1O. The Morgan fingerprint density at radius 3 is 2.43 bits per heavy atom. The molecule has 30 heavy (non-hydrogen) atoms. The van der Waals surface area contributed by atoms with Crippen molar-refractivity contribution in [3.8, 4) is 11.8 Å². The molecule has 156 valence electrons.